The lowest BCUT2D eigenvalue weighted by molar-refractivity contribution is 0.0516. The topological polar surface area (TPSA) is 38.7 Å². The molecule has 0 spiro atoms. The Morgan fingerprint density at radius 1 is 1.26 bits per heavy atom. The maximum absolute atomic E-state index is 12.7. The molecule has 0 N–H and O–H groups in total. The minimum atomic E-state index is -0.637. The first-order valence-electron chi connectivity index (χ1n) is 5.33. The first-order valence-corrected chi connectivity index (χ1v) is 6.53. The molecular weight excluding hydrogens is 289 g/mol. The molecule has 0 aliphatic carbocycles. The minimum Gasteiger partial charge on any atom is -0.313 e. The van der Waals surface area contributed by atoms with Crippen LogP contribution in [0.2, 0.25) is 4.34 Å². The highest BCUT2D eigenvalue weighted by molar-refractivity contribution is 7.18. The number of carbonyl (C=O) groups is 1. The van der Waals surface area contributed by atoms with Gasteiger partial charge in [-0.05, 0) is 43.3 Å². The van der Waals surface area contributed by atoms with Gasteiger partial charge >= 0.3 is 5.97 Å². The number of nitrogens with zero attached hydrogens (tertiary/aromatic N) is 1. The smallest absolute Gasteiger partial charge is 0.313 e. The molecular formula is C13H9ClFNO2S. The van der Waals surface area contributed by atoms with Crippen LogP contribution in [0.5, 0.6) is 0 Å². The molecule has 3 nitrogen and oxygen atoms in total. The lowest BCUT2D eigenvalue weighted by Gasteiger charge is -1.99. The van der Waals surface area contributed by atoms with Crippen LogP contribution in [-0.4, -0.2) is 11.7 Å². The Labute approximate surface area is 118 Å². The summed E-state index contributed by atoms with van der Waals surface area (Å²) in [5.74, 6) is -1.05. The fourth-order valence-electron chi connectivity index (χ4n) is 1.30. The van der Waals surface area contributed by atoms with E-state index in [0.29, 0.717) is 10.0 Å². The Balaban J connectivity index is 2.05. The van der Waals surface area contributed by atoms with Gasteiger partial charge in [0.2, 0.25) is 0 Å². The van der Waals surface area contributed by atoms with Gasteiger partial charge in [0.05, 0.1) is 20.5 Å². The second kappa shape index (κ2) is 5.95. The lowest BCUT2D eigenvalue weighted by atomic mass is 10.2. The number of rotatable bonds is 3. The predicted molar refractivity (Wildman–Crippen MR) is 73.4 cm³/mol. The summed E-state index contributed by atoms with van der Waals surface area (Å²) in [5, 5.41) is 3.73. The molecule has 0 unspecified atom stereocenters. The normalized spacial score (nSPS) is 11.4. The Kier molecular flexibility index (Phi) is 4.29. The quantitative estimate of drug-likeness (QED) is 0.485. The number of hydrogen-bond acceptors (Lipinski definition) is 4. The van der Waals surface area contributed by atoms with Gasteiger partial charge in [-0.2, -0.15) is 0 Å². The molecule has 98 valence electrons. The molecule has 6 heteroatoms. The van der Waals surface area contributed by atoms with Crippen molar-refractivity contribution in [2.45, 2.75) is 6.92 Å². The van der Waals surface area contributed by atoms with Crippen molar-refractivity contribution >= 4 is 34.6 Å². The van der Waals surface area contributed by atoms with Crippen LogP contribution >= 0.6 is 22.9 Å². The number of halogens is 2. The summed E-state index contributed by atoms with van der Waals surface area (Å²) in [4.78, 5) is 17.2. The number of oxime groups is 1. The standard InChI is InChI=1S/C13H9ClFNO2S/c1-8(11-6-7-12(14)19-11)16-18-13(17)9-2-4-10(15)5-3-9/h2-7H,1H3/b16-8+. The van der Waals surface area contributed by atoms with Crippen molar-refractivity contribution in [1.82, 2.24) is 0 Å². The van der Waals surface area contributed by atoms with Crippen LogP contribution in [0.15, 0.2) is 41.6 Å². The summed E-state index contributed by atoms with van der Waals surface area (Å²) in [6.45, 7) is 1.71. The van der Waals surface area contributed by atoms with E-state index in [2.05, 4.69) is 5.16 Å². The molecule has 0 bridgehead atoms. The van der Waals surface area contributed by atoms with Crippen molar-refractivity contribution in [2.75, 3.05) is 0 Å². The summed E-state index contributed by atoms with van der Waals surface area (Å²) in [6, 6.07) is 8.58. The molecule has 0 aliphatic rings. The van der Waals surface area contributed by atoms with Gasteiger partial charge in [0.1, 0.15) is 5.82 Å². The summed E-state index contributed by atoms with van der Waals surface area (Å²) in [5.41, 5.74) is 0.787. The number of hydrogen-bond donors (Lipinski definition) is 0. The zero-order valence-electron chi connectivity index (χ0n) is 9.89. The summed E-state index contributed by atoms with van der Waals surface area (Å²) >= 11 is 7.14. The van der Waals surface area contributed by atoms with Crippen molar-refractivity contribution in [1.29, 1.82) is 0 Å². The van der Waals surface area contributed by atoms with Crippen LogP contribution in [0.3, 0.4) is 0 Å². The van der Waals surface area contributed by atoms with E-state index in [1.54, 1.807) is 19.1 Å². The molecule has 0 atom stereocenters. The van der Waals surface area contributed by atoms with Crippen molar-refractivity contribution in [3.05, 3.63) is 57.0 Å². The third-order valence-electron chi connectivity index (χ3n) is 2.28. The second-order valence-corrected chi connectivity index (χ2v) is 5.38. The lowest BCUT2D eigenvalue weighted by Crippen LogP contribution is -2.03. The van der Waals surface area contributed by atoms with Crippen LogP contribution < -0.4 is 0 Å². The van der Waals surface area contributed by atoms with Crippen molar-refractivity contribution in [3.63, 3.8) is 0 Å². The molecule has 0 amide bonds. The van der Waals surface area contributed by atoms with Crippen molar-refractivity contribution < 1.29 is 14.0 Å². The van der Waals surface area contributed by atoms with Crippen LogP contribution in [0.25, 0.3) is 0 Å². The molecule has 0 fully saturated rings. The fourth-order valence-corrected chi connectivity index (χ4v) is 2.28. The first-order chi connectivity index (χ1) is 9.06. The van der Waals surface area contributed by atoms with Gasteiger partial charge in [0.15, 0.2) is 0 Å². The average Bonchev–Trinajstić information content (AvgIpc) is 2.83. The highest BCUT2D eigenvalue weighted by Gasteiger charge is 2.08. The zero-order chi connectivity index (χ0) is 13.8. The molecule has 1 aromatic carbocycles. The fraction of sp³-hybridized carbons (Fsp3) is 0.0769. The third kappa shape index (κ3) is 3.62. The molecule has 0 saturated carbocycles. The third-order valence-corrected chi connectivity index (χ3v) is 3.62. The molecule has 19 heavy (non-hydrogen) atoms. The molecule has 2 aromatic rings. The summed E-state index contributed by atoms with van der Waals surface area (Å²) in [7, 11) is 0. The highest BCUT2D eigenvalue weighted by atomic mass is 35.5. The van der Waals surface area contributed by atoms with Crippen LogP contribution in [0, 0.1) is 5.82 Å². The van der Waals surface area contributed by atoms with Gasteiger partial charge < -0.3 is 4.84 Å². The van der Waals surface area contributed by atoms with Crippen LogP contribution in [0.4, 0.5) is 4.39 Å². The van der Waals surface area contributed by atoms with E-state index in [4.69, 9.17) is 16.4 Å². The predicted octanol–water partition coefficient (Wildman–Crippen LogP) is 4.12. The molecule has 0 aliphatic heterocycles. The van der Waals surface area contributed by atoms with Gasteiger partial charge in [-0.15, -0.1) is 11.3 Å². The van der Waals surface area contributed by atoms with Crippen LogP contribution in [-0.2, 0) is 4.84 Å². The average molecular weight is 298 g/mol. The van der Waals surface area contributed by atoms with Gasteiger partial charge in [0, 0.05) is 0 Å². The van der Waals surface area contributed by atoms with Gasteiger partial charge in [-0.1, -0.05) is 16.8 Å². The Hall–Kier alpha value is -1.72. The first kappa shape index (κ1) is 13.7. The van der Waals surface area contributed by atoms with E-state index >= 15 is 0 Å². The molecule has 1 heterocycles. The monoisotopic (exact) mass is 297 g/mol. The number of benzene rings is 1. The second-order valence-electron chi connectivity index (χ2n) is 3.67. The molecule has 0 saturated heterocycles. The summed E-state index contributed by atoms with van der Waals surface area (Å²) in [6.07, 6.45) is 0. The molecule has 2 rings (SSSR count). The van der Waals surface area contributed by atoms with Gasteiger partial charge in [-0.3, -0.25) is 0 Å². The van der Waals surface area contributed by atoms with Crippen LogP contribution in [0.1, 0.15) is 22.2 Å². The summed E-state index contributed by atoms with van der Waals surface area (Å²) < 4.78 is 13.3. The van der Waals surface area contributed by atoms with Crippen molar-refractivity contribution in [3.8, 4) is 0 Å². The van der Waals surface area contributed by atoms with E-state index in [-0.39, 0.29) is 5.56 Å². The Morgan fingerprint density at radius 3 is 2.53 bits per heavy atom. The maximum Gasteiger partial charge on any atom is 0.365 e. The van der Waals surface area contributed by atoms with E-state index in [0.717, 1.165) is 4.88 Å². The van der Waals surface area contributed by atoms with Crippen molar-refractivity contribution in [2.24, 2.45) is 5.16 Å². The van der Waals surface area contributed by atoms with E-state index < -0.39 is 11.8 Å². The van der Waals surface area contributed by atoms with Gasteiger partial charge in [-0.25, -0.2) is 9.18 Å². The number of carbonyl (C=O) groups excluding carboxylic acids is 1. The van der Waals surface area contributed by atoms with Gasteiger partial charge in [0.25, 0.3) is 0 Å². The molecule has 1 aromatic heterocycles. The van der Waals surface area contributed by atoms with E-state index in [9.17, 15) is 9.18 Å². The zero-order valence-corrected chi connectivity index (χ0v) is 11.5. The Bertz CT molecular complexity index is 622. The number of thiophene rings is 1. The molecule has 0 radical (unpaired) electrons. The maximum atomic E-state index is 12.7. The van der Waals surface area contributed by atoms with E-state index in [1.165, 1.54) is 35.6 Å². The Morgan fingerprint density at radius 2 is 1.95 bits per heavy atom. The minimum absolute atomic E-state index is 0.238. The highest BCUT2D eigenvalue weighted by Crippen LogP contribution is 2.22. The largest absolute Gasteiger partial charge is 0.365 e. The SMILES string of the molecule is C/C(=N\OC(=O)c1ccc(F)cc1)c1ccc(Cl)s1. The van der Waals surface area contributed by atoms with E-state index in [1.807, 2.05) is 0 Å².